The highest BCUT2D eigenvalue weighted by Crippen LogP contribution is 2.35. The number of hydrogen-bond acceptors (Lipinski definition) is 5. The van der Waals surface area contributed by atoms with Gasteiger partial charge in [0, 0.05) is 12.0 Å². The van der Waals surface area contributed by atoms with Crippen molar-refractivity contribution in [1.82, 2.24) is 0 Å². The Labute approximate surface area is 297 Å². The Hall–Kier alpha value is -4.39. The van der Waals surface area contributed by atoms with Crippen molar-refractivity contribution in [2.75, 3.05) is 4.31 Å². The molecule has 8 nitrogen and oxygen atoms in total. The SMILES string of the molecule is CC(C)(C)c1ccc(CN(c2ccc(C(=O)CC(Cc3cccc(C(F)(F)F)c3)(C(=O)O)C(=O)O)cc2)S(=O)(=O)c2ccc(Cl)c(Cl)c2)cc1. The molecule has 4 aromatic carbocycles. The molecule has 0 aliphatic carbocycles. The second-order valence-corrected chi connectivity index (χ2v) is 15.4. The highest BCUT2D eigenvalue weighted by molar-refractivity contribution is 7.92. The standard InChI is InChI=1S/C36H32Cl2F3NO7S/c1-34(2,3)25-11-7-22(8-12-25)21-42(50(48,49)28-15-16-29(37)30(38)18-28)27-13-9-24(10-14-27)31(43)20-35(32(44)45,33(46)47)19-23-5-4-6-26(17-23)36(39,40)41/h4-18H,19-21H2,1-3H3,(H,44,45)(H,46,47). The van der Waals surface area contributed by atoms with Gasteiger partial charge in [-0.25, -0.2) is 8.42 Å². The van der Waals surface area contributed by atoms with Gasteiger partial charge in [-0.05, 0) is 77.1 Å². The first kappa shape index (κ1) is 38.4. The lowest BCUT2D eigenvalue weighted by molar-refractivity contribution is -0.164. The number of carbonyl (C=O) groups is 3. The number of nitrogens with zero attached hydrogens (tertiary/aromatic N) is 1. The van der Waals surface area contributed by atoms with E-state index in [2.05, 4.69) is 0 Å². The molecule has 264 valence electrons. The van der Waals surface area contributed by atoms with E-state index in [4.69, 9.17) is 23.2 Å². The zero-order valence-corrected chi connectivity index (χ0v) is 29.3. The van der Waals surface area contributed by atoms with Crippen LogP contribution in [0.15, 0.2) is 95.9 Å². The van der Waals surface area contributed by atoms with E-state index in [0.29, 0.717) is 11.6 Å². The number of hydrogen-bond donors (Lipinski definition) is 2. The molecule has 4 rings (SSSR count). The van der Waals surface area contributed by atoms with Crippen molar-refractivity contribution in [3.05, 3.63) is 129 Å². The number of carboxylic acid groups (broad SMARTS) is 2. The molecule has 0 fully saturated rings. The van der Waals surface area contributed by atoms with Crippen molar-refractivity contribution < 1.29 is 46.2 Å². The van der Waals surface area contributed by atoms with Gasteiger partial charge in [0.15, 0.2) is 11.2 Å². The van der Waals surface area contributed by atoms with Gasteiger partial charge < -0.3 is 10.2 Å². The number of alkyl halides is 3. The molecule has 0 atom stereocenters. The fourth-order valence-electron chi connectivity index (χ4n) is 5.21. The average Bonchev–Trinajstić information content (AvgIpc) is 3.03. The number of carboxylic acids is 2. The first-order valence-corrected chi connectivity index (χ1v) is 17.2. The minimum atomic E-state index is -4.76. The average molecular weight is 751 g/mol. The van der Waals surface area contributed by atoms with Gasteiger partial charge in [-0.15, -0.1) is 0 Å². The second-order valence-electron chi connectivity index (χ2n) is 12.7. The molecule has 50 heavy (non-hydrogen) atoms. The number of benzene rings is 4. The van der Waals surface area contributed by atoms with E-state index in [-0.39, 0.29) is 43.7 Å². The Kier molecular flexibility index (Phi) is 11.1. The smallest absolute Gasteiger partial charge is 0.416 e. The number of halogens is 5. The van der Waals surface area contributed by atoms with Crippen LogP contribution in [0.1, 0.15) is 59.8 Å². The van der Waals surface area contributed by atoms with Crippen molar-refractivity contribution in [2.45, 2.75) is 56.6 Å². The Morgan fingerprint density at radius 3 is 1.86 bits per heavy atom. The number of ketones is 1. The van der Waals surface area contributed by atoms with Crippen molar-refractivity contribution in [1.29, 1.82) is 0 Å². The van der Waals surface area contributed by atoms with Crippen molar-refractivity contribution in [3.63, 3.8) is 0 Å². The van der Waals surface area contributed by atoms with E-state index < -0.39 is 57.7 Å². The normalized spacial score (nSPS) is 12.4. The van der Waals surface area contributed by atoms with E-state index in [1.807, 2.05) is 32.9 Å². The van der Waals surface area contributed by atoms with Gasteiger partial charge in [-0.2, -0.15) is 13.2 Å². The van der Waals surface area contributed by atoms with Crippen LogP contribution in [0.3, 0.4) is 0 Å². The molecule has 0 amide bonds. The summed E-state index contributed by atoms with van der Waals surface area (Å²) in [6.07, 6.45) is -6.77. The molecule has 0 aliphatic heterocycles. The van der Waals surface area contributed by atoms with Crippen LogP contribution in [0.2, 0.25) is 10.0 Å². The molecule has 0 heterocycles. The number of anilines is 1. The quantitative estimate of drug-likeness (QED) is 0.110. The topological polar surface area (TPSA) is 129 Å². The third-order valence-corrected chi connectivity index (χ3v) is 10.7. The summed E-state index contributed by atoms with van der Waals surface area (Å²) in [6.45, 7) is 5.97. The van der Waals surface area contributed by atoms with Crippen LogP contribution in [-0.2, 0) is 44.2 Å². The Balaban J connectivity index is 1.70. The van der Waals surface area contributed by atoms with E-state index in [9.17, 15) is 46.2 Å². The van der Waals surface area contributed by atoms with Gasteiger partial charge in [-0.1, -0.05) is 86.4 Å². The summed E-state index contributed by atoms with van der Waals surface area (Å²) < 4.78 is 68.9. The monoisotopic (exact) mass is 749 g/mol. The lowest BCUT2D eigenvalue weighted by Gasteiger charge is -2.26. The lowest BCUT2D eigenvalue weighted by atomic mass is 9.76. The minimum absolute atomic E-state index is 0.00800. The van der Waals surface area contributed by atoms with E-state index in [0.717, 1.165) is 28.1 Å². The zero-order valence-electron chi connectivity index (χ0n) is 27.0. The number of aliphatic carboxylic acids is 2. The first-order chi connectivity index (χ1) is 23.1. The van der Waals surface area contributed by atoms with Crippen LogP contribution in [-0.4, -0.2) is 36.4 Å². The van der Waals surface area contributed by atoms with Crippen LogP contribution in [0.4, 0.5) is 18.9 Å². The predicted molar refractivity (Wildman–Crippen MR) is 183 cm³/mol. The molecular weight excluding hydrogens is 718 g/mol. The van der Waals surface area contributed by atoms with Crippen LogP contribution in [0.5, 0.6) is 0 Å². The maximum absolute atomic E-state index is 14.0. The minimum Gasteiger partial charge on any atom is -0.480 e. The summed E-state index contributed by atoms with van der Waals surface area (Å²) in [4.78, 5) is 37.9. The van der Waals surface area contributed by atoms with E-state index in [1.165, 1.54) is 42.5 Å². The molecule has 0 radical (unpaired) electrons. The molecule has 4 aromatic rings. The Morgan fingerprint density at radius 2 is 1.34 bits per heavy atom. The van der Waals surface area contributed by atoms with Gasteiger partial charge in [0.05, 0.1) is 32.7 Å². The maximum atomic E-state index is 14.0. The number of carbonyl (C=O) groups excluding carboxylic acids is 1. The molecule has 14 heteroatoms. The Morgan fingerprint density at radius 1 is 0.740 bits per heavy atom. The molecule has 0 aromatic heterocycles. The van der Waals surface area contributed by atoms with Crippen LogP contribution in [0.25, 0.3) is 0 Å². The van der Waals surface area contributed by atoms with Crippen molar-refractivity contribution in [3.8, 4) is 0 Å². The first-order valence-electron chi connectivity index (χ1n) is 15.0. The van der Waals surface area contributed by atoms with E-state index >= 15 is 0 Å². The molecule has 2 N–H and O–H groups in total. The summed E-state index contributed by atoms with van der Waals surface area (Å²) in [6, 6.07) is 19.8. The third-order valence-electron chi connectivity index (χ3n) is 8.14. The van der Waals surface area contributed by atoms with Crippen LogP contribution in [0, 0.1) is 5.41 Å². The molecular formula is C36H32Cl2F3NO7S. The molecule has 0 spiro atoms. The summed E-state index contributed by atoms with van der Waals surface area (Å²) in [5.74, 6) is -4.77. The van der Waals surface area contributed by atoms with Gasteiger partial charge in [-0.3, -0.25) is 18.7 Å². The maximum Gasteiger partial charge on any atom is 0.416 e. The molecule has 0 unspecified atom stereocenters. The fourth-order valence-corrected chi connectivity index (χ4v) is 7.05. The van der Waals surface area contributed by atoms with Gasteiger partial charge in [0.2, 0.25) is 0 Å². The molecule has 0 bridgehead atoms. The van der Waals surface area contributed by atoms with Gasteiger partial charge in [0.1, 0.15) is 0 Å². The summed E-state index contributed by atoms with van der Waals surface area (Å²) in [5.41, 5.74) is -2.69. The van der Waals surface area contributed by atoms with Crippen LogP contribution >= 0.6 is 23.2 Å². The number of Topliss-reactive ketones (excluding diaryl/α,β-unsaturated/α-hetero) is 1. The fraction of sp³-hybridized carbons (Fsp3) is 0.250. The summed E-state index contributed by atoms with van der Waals surface area (Å²) in [5, 5.41) is 20.1. The van der Waals surface area contributed by atoms with Gasteiger partial charge in [0.25, 0.3) is 10.0 Å². The highest BCUT2D eigenvalue weighted by Gasteiger charge is 2.49. The number of rotatable bonds is 12. The Bertz CT molecular complexity index is 2010. The second kappa shape index (κ2) is 14.5. The molecule has 0 aliphatic rings. The van der Waals surface area contributed by atoms with Crippen LogP contribution < -0.4 is 4.31 Å². The molecule has 0 saturated carbocycles. The predicted octanol–water partition coefficient (Wildman–Crippen LogP) is 8.68. The largest absolute Gasteiger partial charge is 0.480 e. The highest BCUT2D eigenvalue weighted by atomic mass is 35.5. The summed E-state index contributed by atoms with van der Waals surface area (Å²) in [7, 11) is -4.29. The molecule has 0 saturated heterocycles. The zero-order chi connectivity index (χ0) is 37.2. The summed E-state index contributed by atoms with van der Waals surface area (Å²) >= 11 is 12.2. The number of sulfonamides is 1. The van der Waals surface area contributed by atoms with Crippen molar-refractivity contribution in [2.24, 2.45) is 5.41 Å². The van der Waals surface area contributed by atoms with Crippen molar-refractivity contribution >= 4 is 56.6 Å². The third kappa shape index (κ3) is 8.48. The van der Waals surface area contributed by atoms with Gasteiger partial charge >= 0.3 is 18.1 Å². The lowest BCUT2D eigenvalue weighted by Crippen LogP contribution is -2.43. The van der Waals surface area contributed by atoms with E-state index in [1.54, 1.807) is 12.1 Å².